The number of aryl methyl sites for hydroxylation is 1. The van der Waals surface area contributed by atoms with Crippen LogP contribution in [0.2, 0.25) is 0 Å². The second-order valence-corrected chi connectivity index (χ2v) is 4.39. The third kappa shape index (κ3) is 3.26. The van der Waals surface area contributed by atoms with Crippen LogP contribution in [0.3, 0.4) is 0 Å². The second kappa shape index (κ2) is 6.24. The summed E-state index contributed by atoms with van der Waals surface area (Å²) in [4.78, 5) is 12.8. The molecule has 0 saturated heterocycles. The van der Waals surface area contributed by atoms with Gasteiger partial charge in [0.1, 0.15) is 11.6 Å². The molecule has 2 aromatic rings. The van der Waals surface area contributed by atoms with Crippen molar-refractivity contribution in [3.05, 3.63) is 47.7 Å². The van der Waals surface area contributed by atoms with Gasteiger partial charge in [-0.3, -0.25) is 0 Å². The zero-order valence-electron chi connectivity index (χ0n) is 11.3. The second-order valence-electron chi connectivity index (χ2n) is 4.39. The van der Waals surface area contributed by atoms with Crippen LogP contribution in [0, 0.1) is 6.92 Å². The maximum atomic E-state index is 5.97. The molecule has 0 amide bonds. The Morgan fingerprint density at radius 1 is 1.26 bits per heavy atom. The van der Waals surface area contributed by atoms with E-state index in [-0.39, 0.29) is 6.04 Å². The summed E-state index contributed by atoms with van der Waals surface area (Å²) in [7, 11) is 0. The first-order valence-corrected chi connectivity index (χ1v) is 6.45. The molecule has 19 heavy (non-hydrogen) atoms. The van der Waals surface area contributed by atoms with Crippen molar-refractivity contribution in [2.24, 2.45) is 0 Å². The van der Waals surface area contributed by atoms with E-state index in [1.165, 1.54) is 0 Å². The first-order chi connectivity index (χ1) is 9.22. The van der Waals surface area contributed by atoms with Crippen LogP contribution >= 0.6 is 0 Å². The first-order valence-electron chi connectivity index (χ1n) is 6.45. The van der Waals surface area contributed by atoms with Gasteiger partial charge >= 0.3 is 0 Å². The van der Waals surface area contributed by atoms with E-state index in [4.69, 9.17) is 5.73 Å². The molecule has 2 rings (SSSR count). The summed E-state index contributed by atoms with van der Waals surface area (Å²) in [5.41, 5.74) is 7.84. The van der Waals surface area contributed by atoms with Gasteiger partial charge in [-0.1, -0.05) is 13.0 Å². The maximum absolute atomic E-state index is 5.97. The number of hydrogen-bond donors (Lipinski definition) is 2. The van der Waals surface area contributed by atoms with E-state index in [1.54, 1.807) is 12.4 Å². The highest BCUT2D eigenvalue weighted by Crippen LogP contribution is 2.23. The summed E-state index contributed by atoms with van der Waals surface area (Å²) >= 11 is 0. The molecule has 2 heterocycles. The minimum Gasteiger partial charge on any atom is -0.383 e. The summed E-state index contributed by atoms with van der Waals surface area (Å²) < 4.78 is 0. The molecular formula is C14H19N5. The quantitative estimate of drug-likeness (QED) is 0.854. The lowest BCUT2D eigenvalue weighted by Gasteiger charge is -2.19. The van der Waals surface area contributed by atoms with E-state index >= 15 is 0 Å². The molecule has 0 fully saturated rings. The monoisotopic (exact) mass is 257 g/mol. The van der Waals surface area contributed by atoms with Crippen molar-refractivity contribution >= 4 is 5.82 Å². The van der Waals surface area contributed by atoms with E-state index in [9.17, 15) is 0 Å². The average Bonchev–Trinajstić information content (AvgIpc) is 2.41. The molecule has 0 aliphatic rings. The van der Waals surface area contributed by atoms with Gasteiger partial charge in [0, 0.05) is 18.0 Å². The summed E-state index contributed by atoms with van der Waals surface area (Å²) in [6, 6.07) is 5.73. The standard InChI is InChI=1S/C14H19N5/c1-3-7-17-13(11-5-4-8-18-14(11)15)12-6-9-16-10(2)19-12/h4-6,8-9,13,17H,3,7H2,1-2H3,(H2,15,18). The minimum atomic E-state index is -0.0460. The normalized spacial score (nSPS) is 12.3. The average molecular weight is 257 g/mol. The molecule has 0 aliphatic heterocycles. The van der Waals surface area contributed by atoms with Gasteiger partial charge in [0.25, 0.3) is 0 Å². The zero-order chi connectivity index (χ0) is 13.7. The highest BCUT2D eigenvalue weighted by atomic mass is 15.0. The third-order valence-corrected chi connectivity index (χ3v) is 2.87. The molecule has 0 saturated carbocycles. The predicted molar refractivity (Wildman–Crippen MR) is 75.6 cm³/mol. The van der Waals surface area contributed by atoms with Gasteiger partial charge < -0.3 is 11.1 Å². The van der Waals surface area contributed by atoms with Gasteiger partial charge in [-0.05, 0) is 32.0 Å². The number of nitrogens with two attached hydrogens (primary N) is 1. The highest BCUT2D eigenvalue weighted by Gasteiger charge is 2.17. The fraction of sp³-hybridized carbons (Fsp3) is 0.357. The van der Waals surface area contributed by atoms with Crippen molar-refractivity contribution in [3.8, 4) is 0 Å². The molecule has 3 N–H and O–H groups in total. The molecular weight excluding hydrogens is 238 g/mol. The zero-order valence-corrected chi connectivity index (χ0v) is 11.3. The number of rotatable bonds is 5. The number of hydrogen-bond acceptors (Lipinski definition) is 5. The van der Waals surface area contributed by atoms with E-state index in [0.717, 1.165) is 30.0 Å². The van der Waals surface area contributed by atoms with Crippen LogP contribution in [0.15, 0.2) is 30.6 Å². The minimum absolute atomic E-state index is 0.0460. The Morgan fingerprint density at radius 2 is 2.11 bits per heavy atom. The van der Waals surface area contributed by atoms with E-state index in [0.29, 0.717) is 5.82 Å². The molecule has 100 valence electrons. The number of nitrogen functional groups attached to an aromatic ring is 1. The Hall–Kier alpha value is -2.01. The topological polar surface area (TPSA) is 76.7 Å². The number of nitrogens with zero attached hydrogens (tertiary/aromatic N) is 3. The maximum Gasteiger partial charge on any atom is 0.128 e. The summed E-state index contributed by atoms with van der Waals surface area (Å²) in [6.45, 7) is 4.90. The highest BCUT2D eigenvalue weighted by molar-refractivity contribution is 5.44. The Bertz CT molecular complexity index is 541. The molecule has 5 nitrogen and oxygen atoms in total. The first kappa shape index (κ1) is 13.4. The summed E-state index contributed by atoms with van der Waals surface area (Å²) in [5.74, 6) is 1.29. The Balaban J connectivity index is 2.38. The van der Waals surface area contributed by atoms with Gasteiger partial charge in [0.05, 0.1) is 11.7 Å². The molecule has 1 unspecified atom stereocenters. The Kier molecular flexibility index (Phi) is 4.41. The van der Waals surface area contributed by atoms with E-state index in [1.807, 2.05) is 25.1 Å². The van der Waals surface area contributed by atoms with Gasteiger partial charge in [0.2, 0.25) is 0 Å². The van der Waals surface area contributed by atoms with Gasteiger partial charge in [-0.2, -0.15) is 0 Å². The smallest absolute Gasteiger partial charge is 0.128 e. The summed E-state index contributed by atoms with van der Waals surface area (Å²) in [6.07, 6.45) is 4.51. The van der Waals surface area contributed by atoms with Crippen LogP contribution in [0.25, 0.3) is 0 Å². The lowest BCUT2D eigenvalue weighted by molar-refractivity contribution is 0.583. The van der Waals surface area contributed by atoms with E-state index < -0.39 is 0 Å². The van der Waals surface area contributed by atoms with Crippen molar-refractivity contribution in [1.82, 2.24) is 20.3 Å². The lowest BCUT2D eigenvalue weighted by Crippen LogP contribution is -2.25. The molecule has 5 heteroatoms. The van der Waals surface area contributed by atoms with Crippen LogP contribution in [0.1, 0.15) is 36.5 Å². The van der Waals surface area contributed by atoms with Crippen LogP contribution in [0.5, 0.6) is 0 Å². The van der Waals surface area contributed by atoms with Crippen LogP contribution in [0.4, 0.5) is 5.82 Å². The number of pyridine rings is 1. The van der Waals surface area contributed by atoms with Crippen LogP contribution in [-0.4, -0.2) is 21.5 Å². The van der Waals surface area contributed by atoms with Crippen LogP contribution in [-0.2, 0) is 0 Å². The van der Waals surface area contributed by atoms with Crippen molar-refractivity contribution in [3.63, 3.8) is 0 Å². The molecule has 2 aromatic heterocycles. The fourth-order valence-electron chi connectivity index (χ4n) is 1.97. The van der Waals surface area contributed by atoms with Crippen molar-refractivity contribution in [1.29, 1.82) is 0 Å². The molecule has 0 aliphatic carbocycles. The molecule has 1 atom stereocenters. The predicted octanol–water partition coefficient (Wildman–Crippen LogP) is 1.85. The number of anilines is 1. The van der Waals surface area contributed by atoms with Crippen molar-refractivity contribution in [2.75, 3.05) is 12.3 Å². The third-order valence-electron chi connectivity index (χ3n) is 2.87. The number of aromatic nitrogens is 3. The van der Waals surface area contributed by atoms with Crippen LogP contribution < -0.4 is 11.1 Å². The Labute approximate surface area is 113 Å². The van der Waals surface area contributed by atoms with Crippen molar-refractivity contribution < 1.29 is 0 Å². The Morgan fingerprint density at radius 3 is 2.79 bits per heavy atom. The van der Waals surface area contributed by atoms with Gasteiger partial charge in [-0.25, -0.2) is 15.0 Å². The largest absolute Gasteiger partial charge is 0.383 e. The van der Waals surface area contributed by atoms with Gasteiger partial charge in [-0.15, -0.1) is 0 Å². The molecule has 0 bridgehead atoms. The number of nitrogens with one attached hydrogen (secondary N) is 1. The fourth-order valence-corrected chi connectivity index (χ4v) is 1.97. The van der Waals surface area contributed by atoms with Crippen molar-refractivity contribution in [2.45, 2.75) is 26.3 Å². The SMILES string of the molecule is CCCNC(c1ccnc(C)n1)c1cccnc1N. The molecule has 0 aromatic carbocycles. The molecule has 0 radical (unpaired) electrons. The lowest BCUT2D eigenvalue weighted by atomic mass is 10.0. The summed E-state index contributed by atoms with van der Waals surface area (Å²) in [5, 5.41) is 3.46. The molecule has 0 spiro atoms. The van der Waals surface area contributed by atoms with E-state index in [2.05, 4.69) is 27.2 Å². The van der Waals surface area contributed by atoms with Gasteiger partial charge in [0.15, 0.2) is 0 Å².